The lowest BCUT2D eigenvalue weighted by Crippen LogP contribution is -2.31. The Morgan fingerprint density at radius 3 is 2.58 bits per heavy atom. The molecule has 2 aromatic carbocycles. The smallest absolute Gasteiger partial charge is 0.251 e. The lowest BCUT2D eigenvalue weighted by atomic mass is 10.1. The lowest BCUT2D eigenvalue weighted by Gasteiger charge is -2.17. The standard InChI is InChI=1S/C21H26N2O3/c1-25-20-13-16(11-12-19(20)26-17-9-5-6-10-17)21(24)23-14-18(22)15-7-3-2-4-8-15/h2-4,7-8,11-13,17-18H,5-6,9-10,14,22H2,1H3,(H,23,24). The maximum absolute atomic E-state index is 12.4. The van der Waals surface area contributed by atoms with Crippen LogP contribution in [0.4, 0.5) is 0 Å². The van der Waals surface area contributed by atoms with Gasteiger partial charge in [-0.1, -0.05) is 30.3 Å². The van der Waals surface area contributed by atoms with Gasteiger partial charge in [0.2, 0.25) is 0 Å². The van der Waals surface area contributed by atoms with E-state index in [9.17, 15) is 4.79 Å². The molecule has 138 valence electrons. The quantitative estimate of drug-likeness (QED) is 0.799. The van der Waals surface area contributed by atoms with Crippen LogP contribution in [0.2, 0.25) is 0 Å². The van der Waals surface area contributed by atoms with Gasteiger partial charge in [-0.3, -0.25) is 4.79 Å². The van der Waals surface area contributed by atoms with Crippen LogP contribution in [0.15, 0.2) is 48.5 Å². The number of rotatable bonds is 7. The molecular weight excluding hydrogens is 328 g/mol. The minimum absolute atomic E-state index is 0.179. The molecule has 1 saturated carbocycles. The van der Waals surface area contributed by atoms with E-state index in [1.54, 1.807) is 19.2 Å². The molecule has 0 saturated heterocycles. The van der Waals surface area contributed by atoms with E-state index in [0.29, 0.717) is 23.6 Å². The molecular formula is C21H26N2O3. The van der Waals surface area contributed by atoms with E-state index in [-0.39, 0.29) is 18.1 Å². The number of hydrogen-bond acceptors (Lipinski definition) is 4. The van der Waals surface area contributed by atoms with Crippen LogP contribution in [0.1, 0.15) is 47.6 Å². The van der Waals surface area contributed by atoms with Crippen molar-refractivity contribution in [3.05, 3.63) is 59.7 Å². The van der Waals surface area contributed by atoms with Crippen molar-refractivity contribution in [2.24, 2.45) is 5.73 Å². The number of ether oxygens (including phenoxy) is 2. The van der Waals surface area contributed by atoms with Crippen molar-refractivity contribution in [1.29, 1.82) is 0 Å². The van der Waals surface area contributed by atoms with Crippen LogP contribution in [0.3, 0.4) is 0 Å². The minimum atomic E-state index is -0.244. The third-order valence-corrected chi connectivity index (χ3v) is 4.73. The summed E-state index contributed by atoms with van der Waals surface area (Å²) in [5.41, 5.74) is 7.65. The van der Waals surface area contributed by atoms with Crippen LogP contribution in [-0.2, 0) is 0 Å². The molecule has 1 aliphatic carbocycles. The first-order valence-electron chi connectivity index (χ1n) is 9.11. The number of carbonyl (C=O) groups excluding carboxylic acids is 1. The second-order valence-corrected chi connectivity index (χ2v) is 6.62. The molecule has 5 nitrogen and oxygen atoms in total. The first kappa shape index (κ1) is 18.3. The Hall–Kier alpha value is -2.53. The molecule has 1 amide bonds. The van der Waals surface area contributed by atoms with Crippen LogP contribution >= 0.6 is 0 Å². The number of hydrogen-bond donors (Lipinski definition) is 2. The topological polar surface area (TPSA) is 73.6 Å². The summed E-state index contributed by atoms with van der Waals surface area (Å²) >= 11 is 0. The van der Waals surface area contributed by atoms with Gasteiger partial charge >= 0.3 is 0 Å². The largest absolute Gasteiger partial charge is 0.493 e. The summed E-state index contributed by atoms with van der Waals surface area (Å²) in [6.07, 6.45) is 4.79. The van der Waals surface area contributed by atoms with Crippen LogP contribution in [0.5, 0.6) is 11.5 Å². The van der Waals surface area contributed by atoms with Gasteiger partial charge in [0.25, 0.3) is 5.91 Å². The molecule has 0 heterocycles. The van der Waals surface area contributed by atoms with Gasteiger partial charge in [-0.25, -0.2) is 0 Å². The lowest BCUT2D eigenvalue weighted by molar-refractivity contribution is 0.0950. The van der Waals surface area contributed by atoms with E-state index < -0.39 is 0 Å². The van der Waals surface area contributed by atoms with Crippen LogP contribution in [0.25, 0.3) is 0 Å². The monoisotopic (exact) mass is 354 g/mol. The molecule has 1 aliphatic rings. The highest BCUT2D eigenvalue weighted by Crippen LogP contribution is 2.32. The van der Waals surface area contributed by atoms with E-state index in [2.05, 4.69) is 5.32 Å². The second-order valence-electron chi connectivity index (χ2n) is 6.62. The van der Waals surface area contributed by atoms with Gasteiger partial charge in [0, 0.05) is 18.2 Å². The first-order chi connectivity index (χ1) is 12.7. The molecule has 0 bridgehead atoms. The maximum atomic E-state index is 12.4. The van der Waals surface area contributed by atoms with Gasteiger partial charge in [0.1, 0.15) is 0 Å². The van der Waals surface area contributed by atoms with Crippen molar-refractivity contribution < 1.29 is 14.3 Å². The third kappa shape index (κ3) is 4.55. The van der Waals surface area contributed by atoms with Crippen LogP contribution in [-0.4, -0.2) is 25.7 Å². The van der Waals surface area contributed by atoms with Crippen LogP contribution < -0.4 is 20.5 Å². The Bertz CT molecular complexity index is 727. The Labute approximate surface area is 154 Å². The zero-order valence-corrected chi connectivity index (χ0v) is 15.1. The predicted molar refractivity (Wildman–Crippen MR) is 102 cm³/mol. The van der Waals surface area contributed by atoms with Gasteiger partial charge in [-0.05, 0) is 49.4 Å². The summed E-state index contributed by atoms with van der Waals surface area (Å²) in [4.78, 5) is 12.4. The molecule has 0 spiro atoms. The second kappa shape index (κ2) is 8.72. The highest BCUT2D eigenvalue weighted by molar-refractivity contribution is 5.94. The van der Waals surface area contributed by atoms with Crippen molar-refractivity contribution in [1.82, 2.24) is 5.32 Å². The summed E-state index contributed by atoms with van der Waals surface area (Å²) < 4.78 is 11.4. The normalized spacial score (nSPS) is 15.5. The number of nitrogens with two attached hydrogens (primary N) is 1. The molecule has 0 aliphatic heterocycles. The van der Waals surface area contributed by atoms with E-state index in [4.69, 9.17) is 15.2 Å². The van der Waals surface area contributed by atoms with E-state index in [0.717, 1.165) is 18.4 Å². The summed E-state index contributed by atoms with van der Waals surface area (Å²) in [6.45, 7) is 0.367. The fourth-order valence-corrected chi connectivity index (χ4v) is 3.21. The van der Waals surface area contributed by atoms with Crippen molar-refractivity contribution in [2.45, 2.75) is 37.8 Å². The van der Waals surface area contributed by atoms with Gasteiger partial charge in [0.05, 0.1) is 13.2 Å². The van der Waals surface area contributed by atoms with Gasteiger partial charge in [-0.15, -0.1) is 0 Å². The SMILES string of the molecule is COc1cc(C(=O)NCC(N)c2ccccc2)ccc1OC1CCCC1. The number of benzene rings is 2. The Balaban J connectivity index is 1.61. The Morgan fingerprint density at radius 1 is 1.15 bits per heavy atom. The molecule has 26 heavy (non-hydrogen) atoms. The number of methoxy groups -OCH3 is 1. The van der Waals surface area contributed by atoms with Crippen molar-refractivity contribution in [3.63, 3.8) is 0 Å². The van der Waals surface area contributed by atoms with Crippen LogP contribution in [0, 0.1) is 0 Å². The number of carbonyl (C=O) groups is 1. The third-order valence-electron chi connectivity index (χ3n) is 4.73. The summed E-state index contributed by atoms with van der Waals surface area (Å²) in [6, 6.07) is 14.8. The van der Waals surface area contributed by atoms with Gasteiger partial charge < -0.3 is 20.5 Å². The molecule has 5 heteroatoms. The fraction of sp³-hybridized carbons (Fsp3) is 0.381. The zero-order chi connectivity index (χ0) is 18.4. The number of nitrogens with one attached hydrogen (secondary N) is 1. The van der Waals surface area contributed by atoms with Crippen molar-refractivity contribution in [3.8, 4) is 11.5 Å². The van der Waals surface area contributed by atoms with E-state index in [1.807, 2.05) is 36.4 Å². The molecule has 3 N–H and O–H groups in total. The first-order valence-corrected chi connectivity index (χ1v) is 9.11. The average molecular weight is 354 g/mol. The molecule has 1 atom stereocenters. The average Bonchev–Trinajstić information content (AvgIpc) is 3.20. The molecule has 2 aromatic rings. The minimum Gasteiger partial charge on any atom is -0.493 e. The molecule has 0 aromatic heterocycles. The molecule has 3 rings (SSSR count). The van der Waals surface area contributed by atoms with E-state index in [1.165, 1.54) is 12.8 Å². The maximum Gasteiger partial charge on any atom is 0.251 e. The Kier molecular flexibility index (Phi) is 6.12. The highest BCUT2D eigenvalue weighted by atomic mass is 16.5. The molecule has 1 fully saturated rings. The predicted octanol–water partition coefficient (Wildman–Crippen LogP) is 3.45. The van der Waals surface area contributed by atoms with Crippen molar-refractivity contribution >= 4 is 5.91 Å². The highest BCUT2D eigenvalue weighted by Gasteiger charge is 2.19. The van der Waals surface area contributed by atoms with E-state index >= 15 is 0 Å². The Morgan fingerprint density at radius 2 is 1.88 bits per heavy atom. The summed E-state index contributed by atoms with van der Waals surface area (Å²) in [5, 5.41) is 2.88. The van der Waals surface area contributed by atoms with Crippen molar-refractivity contribution in [2.75, 3.05) is 13.7 Å². The summed E-state index contributed by atoms with van der Waals surface area (Å²) in [5.74, 6) is 1.09. The fourth-order valence-electron chi connectivity index (χ4n) is 3.21. The number of amides is 1. The zero-order valence-electron chi connectivity index (χ0n) is 15.1. The van der Waals surface area contributed by atoms with Gasteiger partial charge in [0.15, 0.2) is 11.5 Å². The summed E-state index contributed by atoms with van der Waals surface area (Å²) in [7, 11) is 1.59. The molecule has 0 radical (unpaired) electrons. The van der Waals surface area contributed by atoms with Gasteiger partial charge in [-0.2, -0.15) is 0 Å². The molecule has 1 unspecified atom stereocenters.